The molecule has 0 fully saturated rings. The van der Waals surface area contributed by atoms with E-state index in [1.807, 2.05) is 6.07 Å². The molecule has 6 nitrogen and oxygen atoms in total. The molecule has 2 rings (SSSR count). The van der Waals surface area contributed by atoms with Crippen LogP contribution in [0.25, 0.3) is 0 Å². The zero-order chi connectivity index (χ0) is 16.7. The van der Waals surface area contributed by atoms with E-state index < -0.39 is 0 Å². The van der Waals surface area contributed by atoms with Crippen molar-refractivity contribution in [1.29, 1.82) is 0 Å². The number of carbonyl (C=O) groups excluding carboxylic acids is 1. The largest absolute Gasteiger partial charge is 0.497 e. The van der Waals surface area contributed by atoms with Crippen molar-refractivity contribution in [2.75, 3.05) is 25.6 Å². The number of nitrogens with one attached hydrogen (secondary N) is 2. The van der Waals surface area contributed by atoms with Gasteiger partial charge in [0.05, 0.1) is 13.4 Å². The predicted molar refractivity (Wildman–Crippen MR) is 88.3 cm³/mol. The Morgan fingerprint density at radius 3 is 2.87 bits per heavy atom. The van der Waals surface area contributed by atoms with Crippen molar-refractivity contribution in [2.24, 2.45) is 0 Å². The second kappa shape index (κ2) is 8.24. The molecule has 0 bridgehead atoms. The number of hydrogen-bond acceptors (Lipinski definition) is 5. The van der Waals surface area contributed by atoms with E-state index in [1.54, 1.807) is 31.4 Å². The molecule has 0 aliphatic heterocycles. The minimum atomic E-state index is -0.293. The van der Waals surface area contributed by atoms with Crippen LogP contribution in [0, 0.1) is 0 Å². The highest BCUT2D eigenvalue weighted by Crippen LogP contribution is 2.22. The van der Waals surface area contributed by atoms with Crippen molar-refractivity contribution in [2.45, 2.75) is 19.9 Å². The quantitative estimate of drug-likeness (QED) is 0.732. The van der Waals surface area contributed by atoms with Crippen molar-refractivity contribution < 1.29 is 18.7 Å². The summed E-state index contributed by atoms with van der Waals surface area (Å²) in [6, 6.07) is 9.10. The minimum Gasteiger partial charge on any atom is -0.497 e. The van der Waals surface area contributed by atoms with Gasteiger partial charge in [0, 0.05) is 24.3 Å². The third-order valence-corrected chi connectivity index (χ3v) is 3.09. The smallest absolute Gasteiger partial charge is 0.297 e. The topological polar surface area (TPSA) is 72.7 Å². The van der Waals surface area contributed by atoms with Crippen molar-refractivity contribution in [3.63, 3.8) is 0 Å². The number of amides is 1. The first-order chi connectivity index (χ1) is 11.1. The van der Waals surface area contributed by atoms with Crippen LogP contribution in [0.4, 0.5) is 5.69 Å². The van der Waals surface area contributed by atoms with E-state index in [2.05, 4.69) is 24.5 Å². The van der Waals surface area contributed by atoms with Gasteiger partial charge in [0.2, 0.25) is 0 Å². The molecule has 0 radical (unpaired) electrons. The number of carbonyl (C=O) groups is 1. The first-order valence-electron chi connectivity index (χ1n) is 7.49. The molecule has 0 atom stereocenters. The maximum Gasteiger partial charge on any atom is 0.297 e. The lowest BCUT2D eigenvalue weighted by Gasteiger charge is -2.09. The van der Waals surface area contributed by atoms with Crippen LogP contribution in [0.1, 0.15) is 24.2 Å². The van der Waals surface area contributed by atoms with Gasteiger partial charge >= 0.3 is 0 Å². The van der Waals surface area contributed by atoms with E-state index in [-0.39, 0.29) is 11.9 Å². The number of benzene rings is 1. The zero-order valence-electron chi connectivity index (χ0n) is 13.6. The molecule has 0 saturated heterocycles. The first-order valence-corrected chi connectivity index (χ1v) is 7.49. The molecule has 23 heavy (non-hydrogen) atoms. The molecule has 124 valence electrons. The van der Waals surface area contributed by atoms with Gasteiger partial charge in [0.15, 0.2) is 0 Å². The molecular weight excluding hydrogens is 296 g/mol. The number of ether oxygens (including phenoxy) is 2. The summed E-state index contributed by atoms with van der Waals surface area (Å²) >= 11 is 0. The van der Waals surface area contributed by atoms with E-state index in [4.69, 9.17) is 13.9 Å². The summed E-state index contributed by atoms with van der Waals surface area (Å²) in [5, 5.41) is 6.02. The molecule has 0 unspecified atom stereocenters. The molecule has 0 aliphatic carbocycles. The molecule has 1 amide bonds. The standard InChI is InChI=1S/C17H22N2O4/c1-12(2)18-8-10-23-17-15(7-9-22-17)16(20)19-13-5-4-6-14(11-13)21-3/h4-7,9,11-12,18H,8,10H2,1-3H3,(H,19,20). The molecule has 2 aromatic rings. The van der Waals surface area contributed by atoms with Crippen molar-refractivity contribution in [3.8, 4) is 11.7 Å². The number of rotatable bonds is 8. The van der Waals surface area contributed by atoms with Gasteiger partial charge in [-0.2, -0.15) is 0 Å². The van der Waals surface area contributed by atoms with E-state index >= 15 is 0 Å². The molecule has 0 spiro atoms. The van der Waals surface area contributed by atoms with Crippen LogP contribution in [0.5, 0.6) is 11.7 Å². The van der Waals surface area contributed by atoms with Gasteiger partial charge in [-0.25, -0.2) is 0 Å². The molecule has 6 heteroatoms. The third-order valence-electron chi connectivity index (χ3n) is 3.09. The number of anilines is 1. The Balaban J connectivity index is 1.95. The molecule has 1 aromatic heterocycles. The maximum atomic E-state index is 12.3. The Bertz CT molecular complexity index is 637. The SMILES string of the molecule is COc1cccc(NC(=O)c2ccoc2OCCNC(C)C)c1. The molecule has 0 aliphatic rings. The fourth-order valence-corrected chi connectivity index (χ4v) is 1.97. The Morgan fingerprint density at radius 1 is 1.30 bits per heavy atom. The van der Waals surface area contributed by atoms with Crippen LogP contribution < -0.4 is 20.1 Å². The Kier molecular flexibility index (Phi) is 6.05. The second-order valence-electron chi connectivity index (χ2n) is 5.27. The van der Waals surface area contributed by atoms with Crippen LogP contribution in [-0.2, 0) is 0 Å². The van der Waals surface area contributed by atoms with Crippen LogP contribution in [0.15, 0.2) is 41.0 Å². The Morgan fingerprint density at radius 2 is 2.13 bits per heavy atom. The molecule has 1 aromatic carbocycles. The normalized spacial score (nSPS) is 10.6. The number of furan rings is 1. The highest BCUT2D eigenvalue weighted by Gasteiger charge is 2.16. The summed E-state index contributed by atoms with van der Waals surface area (Å²) < 4.78 is 15.9. The summed E-state index contributed by atoms with van der Waals surface area (Å²) in [7, 11) is 1.58. The third kappa shape index (κ3) is 5.03. The van der Waals surface area contributed by atoms with Crippen LogP contribution in [0.3, 0.4) is 0 Å². The van der Waals surface area contributed by atoms with Crippen molar-refractivity contribution in [1.82, 2.24) is 5.32 Å². The van der Waals surface area contributed by atoms with E-state index in [9.17, 15) is 4.79 Å². The fourth-order valence-electron chi connectivity index (χ4n) is 1.97. The lowest BCUT2D eigenvalue weighted by atomic mass is 10.2. The second-order valence-corrected chi connectivity index (χ2v) is 5.27. The number of hydrogen-bond donors (Lipinski definition) is 2. The summed E-state index contributed by atoms with van der Waals surface area (Å²) in [5.74, 6) is 0.598. The maximum absolute atomic E-state index is 12.3. The first kappa shape index (κ1) is 16.9. The highest BCUT2D eigenvalue weighted by molar-refractivity contribution is 6.05. The minimum absolute atomic E-state index is 0.218. The summed E-state index contributed by atoms with van der Waals surface area (Å²) in [4.78, 5) is 12.3. The van der Waals surface area contributed by atoms with Gasteiger partial charge in [0.1, 0.15) is 17.9 Å². The van der Waals surface area contributed by atoms with Gasteiger partial charge in [-0.05, 0) is 18.2 Å². The summed E-state index contributed by atoms with van der Waals surface area (Å²) in [5.41, 5.74) is 1.00. The van der Waals surface area contributed by atoms with Gasteiger partial charge < -0.3 is 24.5 Å². The van der Waals surface area contributed by atoms with Crippen LogP contribution >= 0.6 is 0 Å². The number of methoxy groups -OCH3 is 1. The lowest BCUT2D eigenvalue weighted by molar-refractivity contribution is 0.101. The Hall–Kier alpha value is -2.47. The van der Waals surface area contributed by atoms with Crippen LogP contribution in [-0.4, -0.2) is 32.2 Å². The molecule has 1 heterocycles. The van der Waals surface area contributed by atoms with Gasteiger partial charge in [-0.3, -0.25) is 4.79 Å². The van der Waals surface area contributed by atoms with Crippen molar-refractivity contribution >= 4 is 11.6 Å². The molecular formula is C17H22N2O4. The summed E-state index contributed by atoms with van der Waals surface area (Å²) in [6.07, 6.45) is 1.44. The predicted octanol–water partition coefficient (Wildman–Crippen LogP) is 2.92. The Labute approximate surface area is 135 Å². The van der Waals surface area contributed by atoms with Crippen molar-refractivity contribution in [3.05, 3.63) is 42.2 Å². The van der Waals surface area contributed by atoms with Crippen LogP contribution in [0.2, 0.25) is 0 Å². The lowest BCUT2D eigenvalue weighted by Crippen LogP contribution is -2.27. The molecule has 2 N–H and O–H groups in total. The van der Waals surface area contributed by atoms with E-state index in [0.717, 1.165) is 0 Å². The zero-order valence-corrected chi connectivity index (χ0v) is 13.6. The van der Waals surface area contributed by atoms with E-state index in [0.29, 0.717) is 36.2 Å². The average Bonchev–Trinajstić information content (AvgIpc) is 3.00. The summed E-state index contributed by atoms with van der Waals surface area (Å²) in [6.45, 7) is 5.21. The van der Waals surface area contributed by atoms with Gasteiger partial charge in [-0.15, -0.1) is 0 Å². The highest BCUT2D eigenvalue weighted by atomic mass is 16.6. The fraction of sp³-hybridized carbons (Fsp3) is 0.353. The average molecular weight is 318 g/mol. The van der Waals surface area contributed by atoms with E-state index in [1.165, 1.54) is 6.26 Å². The van der Waals surface area contributed by atoms with Gasteiger partial charge in [0.25, 0.3) is 11.9 Å². The molecule has 0 saturated carbocycles. The monoisotopic (exact) mass is 318 g/mol. The van der Waals surface area contributed by atoms with Gasteiger partial charge in [-0.1, -0.05) is 19.9 Å².